The van der Waals surface area contributed by atoms with Gasteiger partial charge in [0.2, 0.25) is 0 Å². The molecule has 142 valence electrons. The van der Waals surface area contributed by atoms with Gasteiger partial charge in [-0.1, -0.05) is 0 Å². The lowest BCUT2D eigenvalue weighted by atomic mass is 10.0. The Labute approximate surface area is 148 Å². The molecule has 3 rings (SSSR count). The molecule has 0 aromatic carbocycles. The van der Waals surface area contributed by atoms with E-state index in [9.17, 15) is 9.59 Å². The number of rotatable bonds is 6. The molecule has 0 aromatic rings. The molecule has 1 N–H and O–H groups in total. The average molecular weight is 356 g/mol. The molecule has 0 bridgehead atoms. The Kier molecular flexibility index (Phi) is 5.93. The molecule has 2 amide bonds. The molecule has 0 spiro atoms. The van der Waals surface area contributed by atoms with E-state index < -0.39 is 17.7 Å². The highest BCUT2D eigenvalue weighted by Crippen LogP contribution is 2.29. The summed E-state index contributed by atoms with van der Waals surface area (Å²) >= 11 is 0. The number of carbonyl (C=O) groups is 2. The summed E-state index contributed by atoms with van der Waals surface area (Å²) in [4.78, 5) is 27.0. The Morgan fingerprint density at radius 1 is 1.00 bits per heavy atom. The summed E-state index contributed by atoms with van der Waals surface area (Å²) < 4.78 is 21.6. The predicted octanol–water partition coefficient (Wildman–Crippen LogP) is -0.297. The van der Waals surface area contributed by atoms with Crippen molar-refractivity contribution in [2.75, 3.05) is 46.2 Å². The van der Waals surface area contributed by atoms with Crippen LogP contribution in [-0.4, -0.2) is 86.7 Å². The normalized spacial score (nSPS) is 27.6. The summed E-state index contributed by atoms with van der Waals surface area (Å²) in [5, 5.41) is 2.99. The van der Waals surface area contributed by atoms with Crippen LogP contribution in [0, 0.1) is 0 Å². The van der Waals surface area contributed by atoms with E-state index >= 15 is 0 Å². The van der Waals surface area contributed by atoms with Gasteiger partial charge in [0.25, 0.3) is 11.8 Å². The van der Waals surface area contributed by atoms with Crippen molar-refractivity contribution in [3.63, 3.8) is 0 Å². The van der Waals surface area contributed by atoms with Crippen molar-refractivity contribution < 1.29 is 28.5 Å². The number of ether oxygens (including phenoxy) is 4. The van der Waals surface area contributed by atoms with Gasteiger partial charge in [0.1, 0.15) is 0 Å². The van der Waals surface area contributed by atoms with Gasteiger partial charge in [-0.3, -0.25) is 9.59 Å². The molecule has 3 aliphatic rings. The van der Waals surface area contributed by atoms with E-state index in [-0.39, 0.29) is 24.5 Å². The second-order valence-electron chi connectivity index (χ2n) is 7.44. The summed E-state index contributed by atoms with van der Waals surface area (Å²) in [5.74, 6) is -0.257. The molecule has 2 atom stereocenters. The zero-order valence-electron chi connectivity index (χ0n) is 15.0. The van der Waals surface area contributed by atoms with Crippen molar-refractivity contribution in [1.29, 1.82) is 0 Å². The van der Waals surface area contributed by atoms with E-state index in [0.717, 1.165) is 12.8 Å². The van der Waals surface area contributed by atoms with E-state index in [4.69, 9.17) is 18.9 Å². The first-order valence-corrected chi connectivity index (χ1v) is 8.97. The van der Waals surface area contributed by atoms with Crippen LogP contribution in [0.3, 0.4) is 0 Å². The standard InChI is InChI=1S/C17H28N2O6/c1-17(2,18-15(20)13-9-22-5-7-24-13)11-19(12-3-4-12)16(21)14-10-23-6-8-25-14/h12-14H,3-11H2,1-2H3,(H,18,20)/t13-,14-/m0/s1. The van der Waals surface area contributed by atoms with Crippen LogP contribution < -0.4 is 5.32 Å². The lowest BCUT2D eigenvalue weighted by Gasteiger charge is -2.37. The van der Waals surface area contributed by atoms with Crippen molar-refractivity contribution in [2.45, 2.75) is 50.5 Å². The lowest BCUT2D eigenvalue weighted by Crippen LogP contribution is -2.58. The maximum atomic E-state index is 12.8. The van der Waals surface area contributed by atoms with Crippen LogP contribution in [0.2, 0.25) is 0 Å². The average Bonchev–Trinajstić information content (AvgIpc) is 3.45. The molecule has 25 heavy (non-hydrogen) atoms. The molecule has 3 fully saturated rings. The summed E-state index contributed by atoms with van der Waals surface area (Å²) in [6.07, 6.45) is 0.843. The monoisotopic (exact) mass is 356 g/mol. The first-order valence-electron chi connectivity index (χ1n) is 8.97. The van der Waals surface area contributed by atoms with Crippen molar-refractivity contribution in [3.8, 4) is 0 Å². The summed E-state index contributed by atoms with van der Waals surface area (Å²) in [6.45, 7) is 6.71. The van der Waals surface area contributed by atoms with Gasteiger partial charge in [0, 0.05) is 12.6 Å². The molecule has 8 heteroatoms. The molecule has 2 saturated heterocycles. The van der Waals surface area contributed by atoms with Crippen LogP contribution in [0.4, 0.5) is 0 Å². The smallest absolute Gasteiger partial charge is 0.254 e. The molecular formula is C17H28N2O6. The topological polar surface area (TPSA) is 86.3 Å². The molecule has 1 aliphatic carbocycles. The van der Waals surface area contributed by atoms with Gasteiger partial charge in [-0.25, -0.2) is 0 Å². The minimum Gasteiger partial charge on any atom is -0.376 e. The van der Waals surface area contributed by atoms with Crippen LogP contribution in [0.5, 0.6) is 0 Å². The van der Waals surface area contributed by atoms with Crippen LogP contribution >= 0.6 is 0 Å². The van der Waals surface area contributed by atoms with Crippen LogP contribution in [-0.2, 0) is 28.5 Å². The number of hydrogen-bond donors (Lipinski definition) is 1. The van der Waals surface area contributed by atoms with Crippen molar-refractivity contribution in [3.05, 3.63) is 0 Å². The van der Waals surface area contributed by atoms with Gasteiger partial charge in [-0.15, -0.1) is 0 Å². The van der Waals surface area contributed by atoms with Crippen molar-refractivity contribution >= 4 is 11.8 Å². The quantitative estimate of drug-likeness (QED) is 0.703. The highest BCUT2D eigenvalue weighted by molar-refractivity contribution is 5.83. The van der Waals surface area contributed by atoms with E-state index in [2.05, 4.69) is 5.32 Å². The van der Waals surface area contributed by atoms with E-state index in [1.807, 2.05) is 18.7 Å². The molecule has 0 radical (unpaired) electrons. The number of amides is 2. The lowest BCUT2D eigenvalue weighted by molar-refractivity contribution is -0.160. The van der Waals surface area contributed by atoms with Crippen molar-refractivity contribution in [2.24, 2.45) is 0 Å². The number of hydrogen-bond acceptors (Lipinski definition) is 6. The summed E-state index contributed by atoms with van der Waals surface area (Å²) in [6, 6.07) is 0.225. The zero-order chi connectivity index (χ0) is 17.9. The second kappa shape index (κ2) is 7.99. The highest BCUT2D eigenvalue weighted by atomic mass is 16.6. The third-order valence-electron chi connectivity index (χ3n) is 4.50. The Balaban J connectivity index is 1.58. The van der Waals surface area contributed by atoms with E-state index in [1.165, 1.54) is 0 Å². The molecule has 0 unspecified atom stereocenters. The first kappa shape index (κ1) is 18.6. The third kappa shape index (κ3) is 5.13. The maximum Gasteiger partial charge on any atom is 0.254 e. The summed E-state index contributed by atoms with van der Waals surface area (Å²) in [5.41, 5.74) is -0.578. The number of nitrogens with zero attached hydrogens (tertiary/aromatic N) is 1. The number of carbonyl (C=O) groups excluding carboxylic acids is 2. The first-order chi connectivity index (χ1) is 12.0. The van der Waals surface area contributed by atoms with Gasteiger partial charge in [0.05, 0.1) is 45.2 Å². The molecule has 0 aromatic heterocycles. The van der Waals surface area contributed by atoms with Crippen LogP contribution in [0.1, 0.15) is 26.7 Å². The Bertz CT molecular complexity index is 482. The fraction of sp³-hybridized carbons (Fsp3) is 0.882. The Morgan fingerprint density at radius 3 is 2.12 bits per heavy atom. The SMILES string of the molecule is CC(C)(CN(C(=O)[C@@H]1COCCO1)C1CC1)NC(=O)[C@@H]1COCCO1. The third-order valence-corrected chi connectivity index (χ3v) is 4.50. The van der Waals surface area contributed by atoms with Crippen molar-refractivity contribution in [1.82, 2.24) is 10.2 Å². The molecule has 1 saturated carbocycles. The van der Waals surface area contributed by atoms with Crippen LogP contribution in [0.25, 0.3) is 0 Å². The largest absolute Gasteiger partial charge is 0.376 e. The number of nitrogens with one attached hydrogen (secondary N) is 1. The van der Waals surface area contributed by atoms with Gasteiger partial charge in [-0.05, 0) is 26.7 Å². The molecule has 8 nitrogen and oxygen atoms in total. The fourth-order valence-electron chi connectivity index (χ4n) is 3.11. The highest BCUT2D eigenvalue weighted by Gasteiger charge is 2.40. The zero-order valence-corrected chi connectivity index (χ0v) is 15.0. The molecule has 2 heterocycles. The predicted molar refractivity (Wildman–Crippen MR) is 88.1 cm³/mol. The molecule has 2 aliphatic heterocycles. The molecular weight excluding hydrogens is 328 g/mol. The summed E-state index contributed by atoms with van der Waals surface area (Å²) in [7, 11) is 0. The minimum absolute atomic E-state index is 0.0539. The Hall–Kier alpha value is -1.22. The van der Waals surface area contributed by atoms with Gasteiger partial charge in [-0.2, -0.15) is 0 Å². The fourth-order valence-corrected chi connectivity index (χ4v) is 3.11. The van der Waals surface area contributed by atoms with Crippen LogP contribution in [0.15, 0.2) is 0 Å². The minimum atomic E-state index is -0.590. The van der Waals surface area contributed by atoms with E-state index in [1.54, 1.807) is 0 Å². The van der Waals surface area contributed by atoms with Gasteiger partial charge >= 0.3 is 0 Å². The Morgan fingerprint density at radius 2 is 1.60 bits per heavy atom. The maximum absolute atomic E-state index is 12.8. The van der Waals surface area contributed by atoms with E-state index in [0.29, 0.717) is 39.6 Å². The van der Waals surface area contributed by atoms with Gasteiger partial charge < -0.3 is 29.2 Å². The second-order valence-corrected chi connectivity index (χ2v) is 7.44. The van der Waals surface area contributed by atoms with Gasteiger partial charge in [0.15, 0.2) is 12.2 Å².